The van der Waals surface area contributed by atoms with Gasteiger partial charge in [0.15, 0.2) is 5.11 Å². The summed E-state index contributed by atoms with van der Waals surface area (Å²) < 4.78 is 4.62. The standard InChI is InChI=1S/C16H13ClN2O3S/c1-22-15(21)11-6-4-5-10(9-11)14(20)19-16(23)18-13-8-3-2-7-12(13)17/h2-9H,1H3,(H2,18,19,20,23). The minimum atomic E-state index is -0.517. The maximum atomic E-state index is 12.2. The highest BCUT2D eigenvalue weighted by Gasteiger charge is 2.12. The number of carbonyl (C=O) groups is 2. The van der Waals surface area contributed by atoms with Crippen molar-refractivity contribution < 1.29 is 14.3 Å². The van der Waals surface area contributed by atoms with Crippen molar-refractivity contribution >= 4 is 46.5 Å². The third kappa shape index (κ3) is 4.51. The number of para-hydroxylation sites is 1. The quantitative estimate of drug-likeness (QED) is 0.658. The Morgan fingerprint density at radius 1 is 1.09 bits per heavy atom. The fraction of sp³-hybridized carbons (Fsp3) is 0.0625. The summed E-state index contributed by atoms with van der Waals surface area (Å²) >= 11 is 11.1. The maximum Gasteiger partial charge on any atom is 0.337 e. The first kappa shape index (κ1) is 16.9. The van der Waals surface area contributed by atoms with Crippen molar-refractivity contribution in [1.82, 2.24) is 5.32 Å². The molecule has 0 unspecified atom stereocenters. The fourth-order valence-corrected chi connectivity index (χ4v) is 2.18. The third-order valence-electron chi connectivity index (χ3n) is 2.89. The average molecular weight is 349 g/mol. The molecule has 0 spiro atoms. The first-order valence-electron chi connectivity index (χ1n) is 6.56. The van der Waals surface area contributed by atoms with Gasteiger partial charge in [-0.15, -0.1) is 0 Å². The van der Waals surface area contributed by atoms with E-state index >= 15 is 0 Å². The molecule has 23 heavy (non-hydrogen) atoms. The number of methoxy groups -OCH3 is 1. The highest BCUT2D eigenvalue weighted by molar-refractivity contribution is 7.80. The predicted octanol–water partition coefficient (Wildman–Crippen LogP) is 3.25. The summed E-state index contributed by atoms with van der Waals surface area (Å²) in [6, 6.07) is 13.2. The summed E-state index contributed by atoms with van der Waals surface area (Å²) in [5.74, 6) is -0.961. The average Bonchev–Trinajstić information content (AvgIpc) is 2.56. The van der Waals surface area contributed by atoms with E-state index in [4.69, 9.17) is 23.8 Å². The number of nitrogens with one attached hydrogen (secondary N) is 2. The minimum absolute atomic E-state index is 0.103. The molecule has 0 fully saturated rings. The summed E-state index contributed by atoms with van der Waals surface area (Å²) in [7, 11) is 1.28. The molecular weight excluding hydrogens is 336 g/mol. The molecule has 2 rings (SSSR count). The van der Waals surface area contributed by atoms with Gasteiger partial charge >= 0.3 is 5.97 Å². The van der Waals surface area contributed by atoms with Gasteiger partial charge in [-0.3, -0.25) is 10.1 Å². The van der Waals surface area contributed by atoms with Crippen molar-refractivity contribution in [2.45, 2.75) is 0 Å². The number of hydrogen-bond donors (Lipinski definition) is 2. The van der Waals surface area contributed by atoms with Crippen LogP contribution in [0, 0.1) is 0 Å². The number of halogens is 1. The van der Waals surface area contributed by atoms with Crippen LogP contribution >= 0.6 is 23.8 Å². The number of esters is 1. The number of rotatable bonds is 3. The molecule has 0 saturated carbocycles. The molecule has 0 heterocycles. The monoisotopic (exact) mass is 348 g/mol. The molecule has 118 valence electrons. The Balaban J connectivity index is 2.06. The molecule has 2 aromatic rings. The predicted molar refractivity (Wildman–Crippen MR) is 92.9 cm³/mol. The van der Waals surface area contributed by atoms with Crippen molar-refractivity contribution in [3.63, 3.8) is 0 Å². The number of carbonyl (C=O) groups excluding carboxylic acids is 2. The number of ether oxygens (including phenoxy) is 1. The van der Waals surface area contributed by atoms with Gasteiger partial charge < -0.3 is 10.1 Å². The zero-order valence-corrected chi connectivity index (χ0v) is 13.7. The Hall–Kier alpha value is -2.44. The Kier molecular flexibility index (Phi) is 5.67. The zero-order chi connectivity index (χ0) is 16.8. The van der Waals surface area contributed by atoms with E-state index in [0.29, 0.717) is 10.7 Å². The molecule has 0 aliphatic carbocycles. The fourth-order valence-electron chi connectivity index (χ4n) is 1.80. The number of hydrogen-bond acceptors (Lipinski definition) is 4. The lowest BCUT2D eigenvalue weighted by atomic mass is 10.1. The van der Waals surface area contributed by atoms with Crippen molar-refractivity contribution in [3.05, 3.63) is 64.7 Å². The van der Waals surface area contributed by atoms with Gasteiger partial charge in [-0.1, -0.05) is 29.8 Å². The van der Waals surface area contributed by atoms with Gasteiger partial charge in [-0.25, -0.2) is 4.79 Å². The van der Waals surface area contributed by atoms with Crippen LogP contribution in [0.25, 0.3) is 0 Å². The summed E-state index contributed by atoms with van der Waals surface area (Å²) in [5, 5.41) is 5.95. The van der Waals surface area contributed by atoms with Crippen molar-refractivity contribution in [3.8, 4) is 0 Å². The SMILES string of the molecule is COC(=O)c1cccc(C(=O)NC(=S)Nc2ccccc2Cl)c1. The van der Waals surface area contributed by atoms with E-state index in [1.807, 2.05) is 0 Å². The van der Waals surface area contributed by atoms with Crippen molar-refractivity contribution in [2.24, 2.45) is 0 Å². The van der Waals surface area contributed by atoms with Gasteiger partial charge in [0.2, 0.25) is 0 Å². The normalized spacial score (nSPS) is 9.83. The second-order valence-electron chi connectivity index (χ2n) is 4.46. The third-order valence-corrected chi connectivity index (χ3v) is 3.43. The Morgan fingerprint density at radius 3 is 2.48 bits per heavy atom. The number of benzene rings is 2. The summed E-state index contributed by atoms with van der Waals surface area (Å²) in [6.45, 7) is 0. The van der Waals surface area contributed by atoms with Gasteiger partial charge in [0.05, 0.1) is 23.4 Å². The number of thiocarbonyl (C=S) groups is 1. The lowest BCUT2D eigenvalue weighted by Crippen LogP contribution is -2.34. The second kappa shape index (κ2) is 7.71. The molecule has 0 aliphatic rings. The lowest BCUT2D eigenvalue weighted by Gasteiger charge is -2.11. The Morgan fingerprint density at radius 2 is 1.78 bits per heavy atom. The Bertz CT molecular complexity index is 764. The molecule has 2 aromatic carbocycles. The van der Waals surface area contributed by atoms with E-state index < -0.39 is 11.9 Å². The van der Waals surface area contributed by atoms with E-state index in [0.717, 1.165) is 0 Å². The van der Waals surface area contributed by atoms with E-state index in [2.05, 4.69) is 15.4 Å². The first-order chi connectivity index (χ1) is 11.0. The van der Waals surface area contributed by atoms with E-state index in [9.17, 15) is 9.59 Å². The minimum Gasteiger partial charge on any atom is -0.465 e. The van der Waals surface area contributed by atoms with Crippen LogP contribution in [-0.2, 0) is 4.74 Å². The van der Waals surface area contributed by atoms with E-state index in [1.54, 1.807) is 42.5 Å². The molecule has 0 aliphatic heterocycles. The molecule has 5 nitrogen and oxygen atoms in total. The van der Waals surface area contributed by atoms with Crippen LogP contribution in [0.3, 0.4) is 0 Å². The van der Waals surface area contributed by atoms with Gasteiger partial charge in [0.1, 0.15) is 0 Å². The Labute approximate surface area is 143 Å². The molecule has 2 N–H and O–H groups in total. The summed E-state index contributed by atoms with van der Waals surface area (Å²) in [4.78, 5) is 23.7. The lowest BCUT2D eigenvalue weighted by molar-refractivity contribution is 0.0600. The van der Waals surface area contributed by atoms with Crippen LogP contribution < -0.4 is 10.6 Å². The molecule has 0 saturated heterocycles. The van der Waals surface area contributed by atoms with Crippen LogP contribution in [-0.4, -0.2) is 24.1 Å². The number of anilines is 1. The molecule has 0 atom stereocenters. The highest BCUT2D eigenvalue weighted by atomic mass is 35.5. The van der Waals surface area contributed by atoms with Gasteiger partial charge in [-0.05, 0) is 42.5 Å². The van der Waals surface area contributed by atoms with Crippen LogP contribution in [0.1, 0.15) is 20.7 Å². The van der Waals surface area contributed by atoms with Crippen LogP contribution in [0.2, 0.25) is 5.02 Å². The number of amides is 1. The van der Waals surface area contributed by atoms with E-state index in [-0.39, 0.29) is 16.2 Å². The van der Waals surface area contributed by atoms with E-state index in [1.165, 1.54) is 13.2 Å². The summed E-state index contributed by atoms with van der Waals surface area (Å²) in [6.07, 6.45) is 0. The molecule has 7 heteroatoms. The summed E-state index contributed by atoms with van der Waals surface area (Å²) in [5.41, 5.74) is 1.16. The van der Waals surface area contributed by atoms with Crippen molar-refractivity contribution in [2.75, 3.05) is 12.4 Å². The largest absolute Gasteiger partial charge is 0.465 e. The van der Waals surface area contributed by atoms with Crippen LogP contribution in [0.5, 0.6) is 0 Å². The van der Waals surface area contributed by atoms with Crippen molar-refractivity contribution in [1.29, 1.82) is 0 Å². The van der Waals surface area contributed by atoms with Gasteiger partial charge in [0.25, 0.3) is 5.91 Å². The zero-order valence-electron chi connectivity index (χ0n) is 12.1. The topological polar surface area (TPSA) is 67.4 Å². The van der Waals surface area contributed by atoms with Gasteiger partial charge in [-0.2, -0.15) is 0 Å². The molecule has 0 aromatic heterocycles. The first-order valence-corrected chi connectivity index (χ1v) is 7.35. The highest BCUT2D eigenvalue weighted by Crippen LogP contribution is 2.20. The molecule has 0 radical (unpaired) electrons. The molecule has 0 bridgehead atoms. The molecular formula is C16H13ClN2O3S. The van der Waals surface area contributed by atoms with Gasteiger partial charge in [0, 0.05) is 5.56 Å². The second-order valence-corrected chi connectivity index (χ2v) is 5.28. The van der Waals surface area contributed by atoms with Crippen LogP contribution in [0.15, 0.2) is 48.5 Å². The van der Waals surface area contributed by atoms with Crippen LogP contribution in [0.4, 0.5) is 5.69 Å². The maximum absolute atomic E-state index is 12.2. The smallest absolute Gasteiger partial charge is 0.337 e. The molecule has 1 amide bonds.